The topological polar surface area (TPSA) is 84.9 Å². The predicted molar refractivity (Wildman–Crippen MR) is 139 cm³/mol. The predicted octanol–water partition coefficient (Wildman–Crippen LogP) is 6.28. The van der Waals surface area contributed by atoms with Gasteiger partial charge >= 0.3 is 5.97 Å². The van der Waals surface area contributed by atoms with E-state index in [2.05, 4.69) is 19.2 Å². The lowest BCUT2D eigenvalue weighted by Crippen LogP contribution is -2.25. The fourth-order valence-electron chi connectivity index (χ4n) is 3.67. The Labute approximate surface area is 210 Å². The molecule has 0 saturated carbocycles. The number of aliphatic carboxylic acids is 1. The smallest absolute Gasteiger partial charge is 0.305 e. The number of carbonyl (C=O) groups is 2. The van der Waals surface area contributed by atoms with Gasteiger partial charge in [-0.15, -0.1) is 0 Å². The number of amides is 1. The first kappa shape index (κ1) is 28.2. The summed E-state index contributed by atoms with van der Waals surface area (Å²) in [6, 6.07) is 15.4. The van der Waals surface area contributed by atoms with Crippen molar-refractivity contribution in [3.05, 3.63) is 59.7 Å². The number of ether oxygens (including phenoxy) is 2. The minimum Gasteiger partial charge on any atom is -0.494 e. The van der Waals surface area contributed by atoms with E-state index in [1.165, 1.54) is 24.8 Å². The minimum absolute atomic E-state index is 0.0722. The van der Waals surface area contributed by atoms with Crippen molar-refractivity contribution in [2.24, 2.45) is 5.92 Å². The fraction of sp³-hybridized carbons (Fsp3) is 0.517. The van der Waals surface area contributed by atoms with Crippen molar-refractivity contribution in [3.8, 4) is 11.5 Å². The number of benzene rings is 2. The average Bonchev–Trinajstić information content (AvgIpc) is 2.84. The Hall–Kier alpha value is -3.02. The van der Waals surface area contributed by atoms with Gasteiger partial charge in [0.25, 0.3) is 5.91 Å². The highest BCUT2D eigenvalue weighted by Gasteiger charge is 2.06. The second-order valence-electron chi connectivity index (χ2n) is 9.32. The van der Waals surface area contributed by atoms with Crippen LogP contribution in [-0.2, 0) is 11.2 Å². The number of hydrogen-bond donors (Lipinski definition) is 2. The molecule has 0 saturated heterocycles. The van der Waals surface area contributed by atoms with Crippen molar-refractivity contribution < 1.29 is 24.2 Å². The zero-order valence-electron chi connectivity index (χ0n) is 21.3. The largest absolute Gasteiger partial charge is 0.494 e. The van der Waals surface area contributed by atoms with Gasteiger partial charge in [0.2, 0.25) is 0 Å². The second-order valence-corrected chi connectivity index (χ2v) is 9.32. The number of unbranched alkanes of at least 4 members (excludes halogenated alkanes) is 4. The highest BCUT2D eigenvalue weighted by molar-refractivity contribution is 5.94. The van der Waals surface area contributed by atoms with Crippen LogP contribution in [0.4, 0.5) is 0 Å². The van der Waals surface area contributed by atoms with Gasteiger partial charge in [0.05, 0.1) is 19.6 Å². The zero-order chi connectivity index (χ0) is 25.3. The number of hydrogen-bond acceptors (Lipinski definition) is 4. The van der Waals surface area contributed by atoms with E-state index in [0.717, 1.165) is 56.8 Å². The summed E-state index contributed by atoms with van der Waals surface area (Å²) >= 11 is 0. The fourth-order valence-corrected chi connectivity index (χ4v) is 3.67. The molecule has 6 nitrogen and oxygen atoms in total. The molecule has 0 spiro atoms. The first-order chi connectivity index (χ1) is 16.9. The van der Waals surface area contributed by atoms with Crippen LogP contribution in [0.2, 0.25) is 0 Å². The van der Waals surface area contributed by atoms with Gasteiger partial charge in [0.15, 0.2) is 0 Å². The molecule has 0 heterocycles. The van der Waals surface area contributed by atoms with E-state index >= 15 is 0 Å². The van der Waals surface area contributed by atoms with Crippen molar-refractivity contribution in [3.63, 3.8) is 0 Å². The summed E-state index contributed by atoms with van der Waals surface area (Å²) in [4.78, 5) is 22.5. The molecule has 192 valence electrons. The van der Waals surface area contributed by atoms with Crippen LogP contribution in [0, 0.1) is 5.92 Å². The summed E-state index contributed by atoms with van der Waals surface area (Å²) in [7, 11) is 0. The van der Waals surface area contributed by atoms with Gasteiger partial charge in [-0.2, -0.15) is 0 Å². The van der Waals surface area contributed by atoms with E-state index in [0.29, 0.717) is 11.5 Å². The van der Waals surface area contributed by atoms with Crippen molar-refractivity contribution in [1.29, 1.82) is 0 Å². The lowest BCUT2D eigenvalue weighted by atomic mass is 10.0. The Balaban J connectivity index is 1.50. The Morgan fingerprint density at radius 2 is 1.37 bits per heavy atom. The van der Waals surface area contributed by atoms with Crippen molar-refractivity contribution in [1.82, 2.24) is 5.32 Å². The Kier molecular flexibility index (Phi) is 13.4. The summed E-state index contributed by atoms with van der Waals surface area (Å²) in [6.45, 7) is 6.09. The van der Waals surface area contributed by atoms with Crippen LogP contribution in [0.5, 0.6) is 11.5 Å². The van der Waals surface area contributed by atoms with Crippen LogP contribution >= 0.6 is 0 Å². The van der Waals surface area contributed by atoms with Crippen molar-refractivity contribution in [2.75, 3.05) is 19.8 Å². The molecule has 0 aliphatic rings. The number of carboxylic acids is 1. The number of carbonyl (C=O) groups excluding carboxylic acids is 1. The molecule has 0 radical (unpaired) electrons. The van der Waals surface area contributed by atoms with Gasteiger partial charge in [-0.3, -0.25) is 9.59 Å². The first-order valence-electron chi connectivity index (χ1n) is 12.9. The van der Waals surface area contributed by atoms with Crippen LogP contribution in [0.25, 0.3) is 0 Å². The summed E-state index contributed by atoms with van der Waals surface area (Å²) in [5.41, 5.74) is 1.77. The third-order valence-corrected chi connectivity index (χ3v) is 5.74. The summed E-state index contributed by atoms with van der Waals surface area (Å²) in [5, 5.41) is 11.2. The van der Waals surface area contributed by atoms with Crippen LogP contribution in [0.15, 0.2) is 48.5 Å². The van der Waals surface area contributed by atoms with Crippen LogP contribution < -0.4 is 14.8 Å². The number of rotatable bonds is 18. The maximum atomic E-state index is 12.0. The van der Waals surface area contributed by atoms with E-state index in [1.54, 1.807) is 12.1 Å². The molecular formula is C29H41NO5. The molecule has 2 N–H and O–H groups in total. The average molecular weight is 484 g/mol. The summed E-state index contributed by atoms with van der Waals surface area (Å²) < 4.78 is 11.6. The normalized spacial score (nSPS) is 10.8. The molecule has 2 aromatic rings. The monoisotopic (exact) mass is 483 g/mol. The van der Waals surface area contributed by atoms with E-state index in [9.17, 15) is 9.59 Å². The molecule has 2 rings (SSSR count). The van der Waals surface area contributed by atoms with Crippen LogP contribution in [0.1, 0.15) is 81.1 Å². The molecule has 0 aromatic heterocycles. The van der Waals surface area contributed by atoms with Gasteiger partial charge in [0.1, 0.15) is 11.5 Å². The lowest BCUT2D eigenvalue weighted by molar-refractivity contribution is -0.136. The molecule has 0 bridgehead atoms. The Morgan fingerprint density at radius 3 is 1.97 bits per heavy atom. The SMILES string of the molecule is CC(C)CCCOc1ccc(OCCCCCCCc2ccc(C(=O)NCCC(=O)O)cc2)cc1. The maximum absolute atomic E-state index is 12.0. The van der Waals surface area contributed by atoms with Crippen molar-refractivity contribution in [2.45, 2.75) is 71.6 Å². The Bertz CT molecular complexity index is 862. The molecule has 1 amide bonds. The molecule has 0 aliphatic heterocycles. The third kappa shape index (κ3) is 12.9. The highest BCUT2D eigenvalue weighted by atomic mass is 16.5. The van der Waals surface area contributed by atoms with E-state index in [-0.39, 0.29) is 18.9 Å². The molecular weight excluding hydrogens is 442 g/mol. The van der Waals surface area contributed by atoms with Crippen LogP contribution in [-0.4, -0.2) is 36.7 Å². The number of carboxylic acid groups (broad SMARTS) is 1. The number of nitrogens with one attached hydrogen (secondary N) is 1. The molecule has 0 fully saturated rings. The molecule has 0 unspecified atom stereocenters. The Morgan fingerprint density at radius 1 is 0.800 bits per heavy atom. The second kappa shape index (κ2) is 16.6. The van der Waals surface area contributed by atoms with Gasteiger partial charge in [-0.25, -0.2) is 0 Å². The maximum Gasteiger partial charge on any atom is 0.305 e. The third-order valence-electron chi connectivity index (χ3n) is 5.74. The van der Waals surface area contributed by atoms with Crippen LogP contribution in [0.3, 0.4) is 0 Å². The molecule has 6 heteroatoms. The summed E-state index contributed by atoms with van der Waals surface area (Å²) in [6.07, 6.45) is 8.83. The standard InChI is InChI=1S/C29H41NO5/c1-23(2)9-8-22-35-27-17-15-26(16-18-27)34-21-7-5-3-4-6-10-24-11-13-25(14-12-24)29(33)30-20-19-28(31)32/h11-18,23H,3-10,19-22H2,1-2H3,(H,30,33)(H,31,32). The summed E-state index contributed by atoms with van der Waals surface area (Å²) in [5.74, 6) is 1.35. The van der Waals surface area contributed by atoms with Gasteiger partial charge in [-0.1, -0.05) is 45.2 Å². The molecule has 2 aromatic carbocycles. The van der Waals surface area contributed by atoms with Gasteiger partial charge < -0.3 is 19.9 Å². The molecule has 35 heavy (non-hydrogen) atoms. The number of aryl methyl sites for hydroxylation is 1. The van der Waals surface area contributed by atoms with E-state index < -0.39 is 5.97 Å². The quantitative estimate of drug-likeness (QED) is 0.244. The van der Waals surface area contributed by atoms with Gasteiger partial charge in [0, 0.05) is 12.1 Å². The van der Waals surface area contributed by atoms with Crippen molar-refractivity contribution >= 4 is 11.9 Å². The van der Waals surface area contributed by atoms with Gasteiger partial charge in [-0.05, 0) is 80.0 Å². The van der Waals surface area contributed by atoms with E-state index in [4.69, 9.17) is 14.6 Å². The van der Waals surface area contributed by atoms with E-state index in [1.807, 2.05) is 36.4 Å². The highest BCUT2D eigenvalue weighted by Crippen LogP contribution is 2.19. The zero-order valence-corrected chi connectivity index (χ0v) is 21.3. The molecule has 0 atom stereocenters. The first-order valence-corrected chi connectivity index (χ1v) is 12.9. The minimum atomic E-state index is -0.920. The lowest BCUT2D eigenvalue weighted by Gasteiger charge is -2.09. The molecule has 0 aliphatic carbocycles.